The Balaban J connectivity index is 2.34. The lowest BCUT2D eigenvalue weighted by Gasteiger charge is -2.17. The number of methoxy groups -OCH3 is 1. The molecule has 1 N–H and O–H groups in total. The summed E-state index contributed by atoms with van der Waals surface area (Å²) in [5.41, 5.74) is 0. The zero-order valence-electron chi connectivity index (χ0n) is 14.0. The number of rotatable bonds is 9. The van der Waals surface area contributed by atoms with Gasteiger partial charge in [-0.3, -0.25) is 0 Å². The summed E-state index contributed by atoms with van der Waals surface area (Å²) in [5, 5.41) is -1.16. The molecule has 7 nitrogen and oxygen atoms in total. The fraction of sp³-hybridized carbons (Fsp3) is 0.375. The number of ether oxygens (including phenoxy) is 1. The second kappa shape index (κ2) is 8.03. The summed E-state index contributed by atoms with van der Waals surface area (Å²) in [4.78, 5) is 0.0596. The molecule has 0 bridgehead atoms. The monoisotopic (exact) mass is 387 g/mol. The average Bonchev–Trinajstić information content (AvgIpc) is 3.08. The molecule has 9 heteroatoms. The van der Waals surface area contributed by atoms with Crippen LogP contribution in [0.5, 0.6) is 5.75 Å². The van der Waals surface area contributed by atoms with Crippen molar-refractivity contribution in [3.05, 3.63) is 48.4 Å². The van der Waals surface area contributed by atoms with Gasteiger partial charge >= 0.3 is 0 Å². The number of sulfone groups is 1. The Morgan fingerprint density at radius 2 is 1.80 bits per heavy atom. The highest BCUT2D eigenvalue weighted by Crippen LogP contribution is 2.30. The molecule has 2 rings (SSSR count). The highest BCUT2D eigenvalue weighted by atomic mass is 32.2. The van der Waals surface area contributed by atoms with Crippen molar-refractivity contribution in [3.8, 4) is 5.75 Å². The van der Waals surface area contributed by atoms with E-state index in [4.69, 9.17) is 9.15 Å². The molecule has 0 radical (unpaired) electrons. The molecule has 25 heavy (non-hydrogen) atoms. The quantitative estimate of drug-likeness (QED) is 0.707. The molecule has 0 aliphatic carbocycles. The van der Waals surface area contributed by atoms with Crippen molar-refractivity contribution in [1.82, 2.24) is 4.72 Å². The van der Waals surface area contributed by atoms with Gasteiger partial charge in [0.25, 0.3) is 0 Å². The maximum absolute atomic E-state index is 13.0. The lowest BCUT2D eigenvalue weighted by Crippen LogP contribution is -2.33. The molecular formula is C16H21NO6S2. The van der Waals surface area contributed by atoms with Crippen molar-refractivity contribution < 1.29 is 26.0 Å². The highest BCUT2D eigenvalue weighted by molar-refractivity contribution is 7.92. The predicted molar refractivity (Wildman–Crippen MR) is 93.7 cm³/mol. The maximum atomic E-state index is 13.0. The van der Waals surface area contributed by atoms with E-state index < -0.39 is 25.1 Å². The molecule has 0 saturated heterocycles. The summed E-state index contributed by atoms with van der Waals surface area (Å²) in [6.45, 7) is 1.43. The van der Waals surface area contributed by atoms with E-state index in [1.165, 1.54) is 43.7 Å². The van der Waals surface area contributed by atoms with Crippen molar-refractivity contribution in [3.63, 3.8) is 0 Å². The van der Waals surface area contributed by atoms with Gasteiger partial charge in [-0.05, 0) is 42.8 Å². The minimum atomic E-state index is -3.86. The fourth-order valence-electron chi connectivity index (χ4n) is 2.31. The molecule has 0 aliphatic heterocycles. The Kier molecular flexibility index (Phi) is 6.26. The lowest BCUT2D eigenvalue weighted by molar-refractivity contribution is 0.414. The molecule has 0 fully saturated rings. The Morgan fingerprint density at radius 3 is 2.32 bits per heavy atom. The van der Waals surface area contributed by atoms with E-state index in [0.717, 1.165) is 0 Å². The maximum Gasteiger partial charge on any atom is 0.211 e. The van der Waals surface area contributed by atoms with Crippen LogP contribution in [-0.2, 0) is 19.9 Å². The number of benzene rings is 1. The van der Waals surface area contributed by atoms with Crippen LogP contribution in [0.2, 0.25) is 0 Å². The molecule has 138 valence electrons. The van der Waals surface area contributed by atoms with Gasteiger partial charge < -0.3 is 9.15 Å². The van der Waals surface area contributed by atoms with Gasteiger partial charge in [-0.2, -0.15) is 0 Å². The molecule has 1 atom stereocenters. The van der Waals surface area contributed by atoms with Crippen LogP contribution in [0.25, 0.3) is 0 Å². The summed E-state index contributed by atoms with van der Waals surface area (Å²) in [6.07, 6.45) is 1.79. The van der Waals surface area contributed by atoms with E-state index in [0.29, 0.717) is 12.2 Å². The predicted octanol–water partition coefficient (Wildman–Crippen LogP) is 2.13. The van der Waals surface area contributed by atoms with E-state index in [1.54, 1.807) is 13.0 Å². The van der Waals surface area contributed by atoms with Crippen molar-refractivity contribution >= 4 is 19.9 Å². The number of furan rings is 1. The molecule has 1 heterocycles. The second-order valence-corrected chi connectivity index (χ2v) is 9.45. The number of nitrogens with one attached hydrogen (secondary N) is 1. The Hall–Kier alpha value is -1.84. The first-order valence-electron chi connectivity index (χ1n) is 7.69. The Bertz CT molecular complexity index is 871. The summed E-state index contributed by atoms with van der Waals surface area (Å²) in [5.74, 6) is 0.632. The largest absolute Gasteiger partial charge is 0.497 e. The van der Waals surface area contributed by atoms with Crippen LogP contribution in [0.3, 0.4) is 0 Å². The van der Waals surface area contributed by atoms with Gasteiger partial charge in [-0.15, -0.1) is 0 Å². The van der Waals surface area contributed by atoms with Gasteiger partial charge in [0, 0.05) is 6.54 Å². The third-order valence-electron chi connectivity index (χ3n) is 3.58. The Labute approximate surface area is 148 Å². The topological polar surface area (TPSA) is 103 Å². The first-order valence-corrected chi connectivity index (χ1v) is 10.9. The van der Waals surface area contributed by atoms with Crippen LogP contribution in [-0.4, -0.2) is 36.2 Å². The number of sulfonamides is 1. The van der Waals surface area contributed by atoms with Gasteiger partial charge in [0.2, 0.25) is 10.0 Å². The van der Waals surface area contributed by atoms with E-state index >= 15 is 0 Å². The first kappa shape index (κ1) is 19.5. The van der Waals surface area contributed by atoms with Crippen LogP contribution < -0.4 is 9.46 Å². The van der Waals surface area contributed by atoms with Gasteiger partial charge in [0.05, 0.1) is 24.0 Å². The summed E-state index contributed by atoms with van der Waals surface area (Å²) in [7, 11) is -5.93. The third-order valence-corrected chi connectivity index (χ3v) is 7.21. The minimum absolute atomic E-state index is 0.0596. The first-order chi connectivity index (χ1) is 11.8. The molecule has 1 aromatic carbocycles. The van der Waals surface area contributed by atoms with E-state index in [-0.39, 0.29) is 23.0 Å². The zero-order valence-corrected chi connectivity index (χ0v) is 15.6. The van der Waals surface area contributed by atoms with Crippen molar-refractivity contribution in [2.45, 2.75) is 23.5 Å². The SMILES string of the molecule is CCCS(=O)(=O)NCC(c1ccco1)S(=O)(=O)c1ccc(OC)cc1. The van der Waals surface area contributed by atoms with E-state index in [9.17, 15) is 16.8 Å². The fourth-order valence-corrected chi connectivity index (χ4v) is 5.11. The third kappa shape index (κ3) is 4.83. The van der Waals surface area contributed by atoms with E-state index in [2.05, 4.69) is 4.72 Å². The van der Waals surface area contributed by atoms with Gasteiger partial charge in [-0.25, -0.2) is 21.6 Å². The molecular weight excluding hydrogens is 366 g/mol. The van der Waals surface area contributed by atoms with Gasteiger partial charge in [0.15, 0.2) is 9.84 Å². The lowest BCUT2D eigenvalue weighted by atomic mass is 10.3. The van der Waals surface area contributed by atoms with Crippen LogP contribution in [0.1, 0.15) is 24.4 Å². The van der Waals surface area contributed by atoms with Gasteiger partial charge in [-0.1, -0.05) is 6.92 Å². The van der Waals surface area contributed by atoms with E-state index in [1.807, 2.05) is 0 Å². The molecule has 0 aliphatic rings. The molecule has 2 aromatic rings. The number of hydrogen-bond donors (Lipinski definition) is 1. The van der Waals surface area contributed by atoms with Crippen LogP contribution >= 0.6 is 0 Å². The summed E-state index contributed by atoms with van der Waals surface area (Å²) in [6, 6.07) is 8.99. The van der Waals surface area contributed by atoms with Crippen LogP contribution in [0, 0.1) is 0 Å². The standard InChI is InChI=1S/C16H21NO6S2/c1-3-11-24(18,19)17-12-16(15-5-4-10-23-15)25(20,21)14-8-6-13(22-2)7-9-14/h4-10,16-17H,3,11-12H2,1-2H3. The minimum Gasteiger partial charge on any atom is -0.497 e. The van der Waals surface area contributed by atoms with Crippen LogP contribution in [0.15, 0.2) is 52.0 Å². The summed E-state index contributed by atoms with van der Waals surface area (Å²) >= 11 is 0. The summed E-state index contributed by atoms with van der Waals surface area (Å²) < 4.78 is 62.4. The van der Waals surface area contributed by atoms with Crippen molar-refractivity contribution in [2.24, 2.45) is 0 Å². The average molecular weight is 387 g/mol. The molecule has 0 saturated carbocycles. The van der Waals surface area contributed by atoms with Crippen molar-refractivity contribution in [2.75, 3.05) is 19.4 Å². The second-order valence-electron chi connectivity index (χ2n) is 5.39. The normalized spacial score (nSPS) is 13.5. The van der Waals surface area contributed by atoms with Gasteiger partial charge in [0.1, 0.15) is 16.8 Å². The molecule has 1 unspecified atom stereocenters. The molecule has 1 aromatic heterocycles. The molecule has 0 spiro atoms. The van der Waals surface area contributed by atoms with Crippen molar-refractivity contribution in [1.29, 1.82) is 0 Å². The number of hydrogen-bond acceptors (Lipinski definition) is 6. The highest BCUT2D eigenvalue weighted by Gasteiger charge is 2.32. The van der Waals surface area contributed by atoms with Crippen LogP contribution in [0.4, 0.5) is 0 Å². The Morgan fingerprint density at radius 1 is 1.12 bits per heavy atom. The zero-order chi connectivity index (χ0) is 18.5. The molecule has 0 amide bonds. The smallest absolute Gasteiger partial charge is 0.211 e.